The van der Waals surface area contributed by atoms with Gasteiger partial charge in [-0.05, 0) is 48.4 Å². The first-order valence-corrected chi connectivity index (χ1v) is 9.25. The van der Waals surface area contributed by atoms with Crippen LogP contribution in [0.1, 0.15) is 35.1 Å². The van der Waals surface area contributed by atoms with Crippen LogP contribution in [0.5, 0.6) is 0 Å². The van der Waals surface area contributed by atoms with Gasteiger partial charge >= 0.3 is 6.18 Å². The molecule has 2 aromatic carbocycles. The van der Waals surface area contributed by atoms with Crippen molar-refractivity contribution in [1.82, 2.24) is 9.55 Å². The number of benzene rings is 2. The van der Waals surface area contributed by atoms with Crippen LogP contribution >= 0.6 is 11.6 Å². The number of halogens is 4. The first-order valence-electron chi connectivity index (χ1n) is 8.87. The molecule has 1 unspecified atom stereocenters. The molecule has 0 saturated carbocycles. The van der Waals surface area contributed by atoms with E-state index in [1.165, 1.54) is 12.3 Å². The molecular formula is C21H14ClF3N4O. The molecule has 1 aromatic heterocycles. The van der Waals surface area contributed by atoms with Gasteiger partial charge < -0.3 is 4.57 Å². The van der Waals surface area contributed by atoms with Gasteiger partial charge in [-0.15, -0.1) is 0 Å². The molecule has 1 aliphatic rings. The summed E-state index contributed by atoms with van der Waals surface area (Å²) < 4.78 is 42.0. The Balaban J connectivity index is 1.98. The van der Waals surface area contributed by atoms with E-state index in [1.54, 1.807) is 42.0 Å². The topological polar surface area (TPSA) is 70.7 Å². The molecule has 9 heteroatoms. The quantitative estimate of drug-likeness (QED) is 0.640. The summed E-state index contributed by atoms with van der Waals surface area (Å²) in [4.78, 5) is 17.1. The number of nitrogens with zero attached hydrogens (tertiary/aromatic N) is 3. The monoisotopic (exact) mass is 430 g/mol. The van der Waals surface area contributed by atoms with E-state index in [4.69, 9.17) is 16.9 Å². The highest BCUT2D eigenvalue weighted by atomic mass is 35.5. The van der Waals surface area contributed by atoms with Gasteiger partial charge in [-0.25, -0.2) is 4.98 Å². The second-order valence-corrected chi connectivity index (χ2v) is 7.60. The minimum atomic E-state index is -4.60. The molecule has 0 fully saturated rings. The highest BCUT2D eigenvalue weighted by molar-refractivity contribution is 6.30. The molecule has 0 spiro atoms. The number of alkyl halides is 3. The van der Waals surface area contributed by atoms with Gasteiger partial charge in [-0.3, -0.25) is 10.1 Å². The van der Waals surface area contributed by atoms with Gasteiger partial charge in [0.05, 0.1) is 17.2 Å². The molecule has 0 radical (unpaired) electrons. The Morgan fingerprint density at radius 1 is 1.20 bits per heavy atom. The van der Waals surface area contributed by atoms with E-state index < -0.39 is 29.1 Å². The summed E-state index contributed by atoms with van der Waals surface area (Å²) in [5.41, 5.74) is -1.05. The van der Waals surface area contributed by atoms with Gasteiger partial charge in [0.25, 0.3) is 5.91 Å². The highest BCUT2D eigenvalue weighted by Crippen LogP contribution is 2.46. The van der Waals surface area contributed by atoms with Crippen LogP contribution < -0.4 is 5.32 Å². The third-order valence-electron chi connectivity index (χ3n) is 5.34. The fourth-order valence-corrected chi connectivity index (χ4v) is 4.16. The van der Waals surface area contributed by atoms with Gasteiger partial charge in [0.1, 0.15) is 5.54 Å². The zero-order valence-electron chi connectivity index (χ0n) is 15.5. The second-order valence-electron chi connectivity index (χ2n) is 7.16. The molecule has 2 atom stereocenters. The first kappa shape index (κ1) is 20.0. The molecule has 30 heavy (non-hydrogen) atoms. The van der Waals surface area contributed by atoms with Crippen LogP contribution in [0.4, 0.5) is 19.1 Å². The maximum absolute atomic E-state index is 13.5. The minimum Gasteiger partial charge on any atom is -0.301 e. The number of fused-ring (bicyclic) bond motifs is 1. The number of hydrogen-bond acceptors (Lipinski definition) is 3. The third kappa shape index (κ3) is 3.12. The highest BCUT2D eigenvalue weighted by Gasteiger charge is 2.50. The van der Waals surface area contributed by atoms with Crippen LogP contribution in [-0.4, -0.2) is 15.5 Å². The number of anilines is 1. The van der Waals surface area contributed by atoms with Crippen LogP contribution in [0.2, 0.25) is 5.02 Å². The summed E-state index contributed by atoms with van der Waals surface area (Å²) in [6.45, 7) is 1.64. The van der Waals surface area contributed by atoms with Gasteiger partial charge in [-0.2, -0.15) is 18.4 Å². The number of hydrogen-bond donors (Lipinski definition) is 1. The van der Waals surface area contributed by atoms with E-state index in [1.807, 2.05) is 6.07 Å². The van der Waals surface area contributed by atoms with E-state index in [0.717, 1.165) is 12.1 Å². The zero-order valence-corrected chi connectivity index (χ0v) is 16.3. The Hall–Kier alpha value is -3.31. The van der Waals surface area contributed by atoms with Crippen molar-refractivity contribution in [3.63, 3.8) is 0 Å². The largest absolute Gasteiger partial charge is 0.416 e. The number of carbonyl (C=O) groups is 1. The van der Waals surface area contributed by atoms with Crippen LogP contribution in [0.15, 0.2) is 54.9 Å². The molecule has 152 valence electrons. The first-order chi connectivity index (χ1) is 14.1. The van der Waals surface area contributed by atoms with Crippen molar-refractivity contribution >= 4 is 23.5 Å². The van der Waals surface area contributed by atoms with E-state index in [-0.39, 0.29) is 10.6 Å². The maximum Gasteiger partial charge on any atom is 0.416 e. The molecule has 4 rings (SSSR count). The molecule has 2 heterocycles. The number of rotatable bonds is 3. The van der Waals surface area contributed by atoms with Crippen LogP contribution in [0.25, 0.3) is 0 Å². The summed E-state index contributed by atoms with van der Waals surface area (Å²) in [5, 5.41) is 11.7. The summed E-state index contributed by atoms with van der Waals surface area (Å²) in [5.74, 6) is -0.937. The number of amides is 1. The molecule has 1 aliphatic heterocycles. The van der Waals surface area contributed by atoms with Gasteiger partial charge in [-0.1, -0.05) is 23.7 Å². The number of nitrogens with one attached hydrogen (secondary N) is 1. The molecule has 5 nitrogen and oxygen atoms in total. The van der Waals surface area contributed by atoms with Gasteiger partial charge in [0.2, 0.25) is 5.95 Å². The molecule has 0 aliphatic carbocycles. The Morgan fingerprint density at radius 2 is 1.90 bits per heavy atom. The van der Waals surface area contributed by atoms with Crippen molar-refractivity contribution in [3.8, 4) is 6.07 Å². The van der Waals surface area contributed by atoms with Crippen LogP contribution in [0, 0.1) is 11.3 Å². The Kier molecular flexibility index (Phi) is 4.59. The lowest BCUT2D eigenvalue weighted by atomic mass is 9.75. The van der Waals surface area contributed by atoms with Crippen molar-refractivity contribution in [2.24, 2.45) is 0 Å². The standard InChI is InChI=1S/C21H14ClF3N4O/c1-20(18(30)28-19-27-6-7-29(19)20)17(13-4-2-12(11-26)3-5-13)14-8-15(21(23,24)25)10-16(22)9-14/h2-10,17H,1H3,(H,27,28,30)/t17-,20?/m1/s1. The number of nitriles is 1. The summed E-state index contributed by atoms with van der Waals surface area (Å²) in [7, 11) is 0. The Bertz CT molecular complexity index is 1180. The van der Waals surface area contributed by atoms with Crippen LogP contribution in [-0.2, 0) is 16.5 Å². The van der Waals surface area contributed by atoms with Gasteiger partial charge in [0, 0.05) is 23.3 Å². The lowest BCUT2D eigenvalue weighted by molar-refractivity contribution is -0.137. The second kappa shape index (κ2) is 6.89. The molecule has 0 bridgehead atoms. The molecular weight excluding hydrogens is 417 g/mol. The maximum atomic E-state index is 13.5. The number of carbonyl (C=O) groups excluding carboxylic acids is 1. The third-order valence-corrected chi connectivity index (χ3v) is 5.56. The van der Waals surface area contributed by atoms with E-state index >= 15 is 0 Å². The molecule has 1 N–H and O–H groups in total. The summed E-state index contributed by atoms with van der Waals surface area (Å²) >= 11 is 6.04. The van der Waals surface area contributed by atoms with E-state index in [9.17, 15) is 18.0 Å². The molecule has 0 saturated heterocycles. The lowest BCUT2D eigenvalue weighted by Crippen LogP contribution is -2.42. The zero-order chi connectivity index (χ0) is 21.7. The SMILES string of the molecule is CC1([C@H](c2ccc(C#N)cc2)c2cc(Cl)cc(C(F)(F)F)c2)C(=O)Nc2nccn21. The summed E-state index contributed by atoms with van der Waals surface area (Å²) in [6, 6.07) is 11.7. The van der Waals surface area contributed by atoms with Crippen molar-refractivity contribution in [1.29, 1.82) is 5.26 Å². The van der Waals surface area contributed by atoms with Crippen LogP contribution in [0.3, 0.4) is 0 Å². The summed E-state index contributed by atoms with van der Waals surface area (Å²) in [6.07, 6.45) is -1.51. The van der Waals surface area contributed by atoms with Crippen molar-refractivity contribution in [3.05, 3.63) is 82.1 Å². The predicted molar refractivity (Wildman–Crippen MR) is 104 cm³/mol. The average molecular weight is 431 g/mol. The minimum absolute atomic E-state index is 0.0914. The van der Waals surface area contributed by atoms with Crippen molar-refractivity contribution in [2.45, 2.75) is 24.6 Å². The van der Waals surface area contributed by atoms with E-state index in [0.29, 0.717) is 17.1 Å². The smallest absolute Gasteiger partial charge is 0.301 e. The predicted octanol–water partition coefficient (Wildman–Crippen LogP) is 4.93. The van der Waals surface area contributed by atoms with Gasteiger partial charge in [0.15, 0.2) is 0 Å². The number of imidazole rings is 1. The average Bonchev–Trinajstić information content (AvgIpc) is 3.24. The molecule has 1 amide bonds. The number of aromatic nitrogens is 2. The Labute approximate surface area is 174 Å². The Morgan fingerprint density at radius 3 is 2.53 bits per heavy atom. The lowest BCUT2D eigenvalue weighted by Gasteiger charge is -2.34. The van der Waals surface area contributed by atoms with Crippen molar-refractivity contribution < 1.29 is 18.0 Å². The fraction of sp³-hybridized carbons (Fsp3) is 0.190. The normalized spacial score (nSPS) is 19.1. The molecule has 3 aromatic rings. The van der Waals surface area contributed by atoms with Crippen molar-refractivity contribution in [2.75, 3.05) is 5.32 Å². The van der Waals surface area contributed by atoms with E-state index in [2.05, 4.69) is 10.3 Å². The fourth-order valence-electron chi connectivity index (χ4n) is 3.91.